The largest absolute Gasteiger partial charge is 0.0620 e. The van der Waals surface area contributed by atoms with Gasteiger partial charge in [-0.05, 0) is 47.6 Å². The molecule has 0 amide bonds. The second kappa shape index (κ2) is 3.54. The van der Waals surface area contributed by atoms with Gasteiger partial charge in [-0.1, -0.05) is 42.5 Å². The van der Waals surface area contributed by atoms with Crippen LogP contribution in [0.15, 0.2) is 42.5 Å². The second-order valence-electron chi connectivity index (χ2n) is 4.07. The minimum atomic E-state index is 1.16. The van der Waals surface area contributed by atoms with Gasteiger partial charge in [0.1, 0.15) is 0 Å². The SMILES string of the molecule is [c]1cccc2c1CCCc1ccccc1-2. The molecule has 1 radical (unpaired) electrons. The Hall–Kier alpha value is -1.56. The highest BCUT2D eigenvalue weighted by molar-refractivity contribution is 5.71. The molecule has 15 heavy (non-hydrogen) atoms. The number of aryl methyl sites for hydroxylation is 2. The Morgan fingerprint density at radius 1 is 0.867 bits per heavy atom. The molecule has 0 heteroatoms. The average Bonchev–Trinajstić information content (AvgIpc) is 2.48. The molecule has 73 valence electrons. The highest BCUT2D eigenvalue weighted by Gasteiger charge is 2.12. The molecule has 2 aromatic rings. The lowest BCUT2D eigenvalue weighted by molar-refractivity contribution is 0.834. The fraction of sp³-hybridized carbons (Fsp3) is 0.200. The summed E-state index contributed by atoms with van der Waals surface area (Å²) in [6.45, 7) is 0. The van der Waals surface area contributed by atoms with Crippen LogP contribution in [0.2, 0.25) is 0 Å². The van der Waals surface area contributed by atoms with Gasteiger partial charge in [0.05, 0.1) is 0 Å². The first-order chi connectivity index (χ1) is 7.45. The van der Waals surface area contributed by atoms with E-state index in [2.05, 4.69) is 42.5 Å². The predicted octanol–water partition coefficient (Wildman–Crippen LogP) is 3.64. The van der Waals surface area contributed by atoms with Gasteiger partial charge in [-0.25, -0.2) is 0 Å². The molecular weight excluding hydrogens is 180 g/mol. The zero-order valence-electron chi connectivity index (χ0n) is 8.66. The van der Waals surface area contributed by atoms with E-state index in [1.165, 1.54) is 35.1 Å². The third kappa shape index (κ3) is 1.46. The fourth-order valence-corrected chi connectivity index (χ4v) is 2.39. The van der Waals surface area contributed by atoms with Crippen LogP contribution in [0.1, 0.15) is 17.5 Å². The van der Waals surface area contributed by atoms with Crippen LogP contribution in [-0.4, -0.2) is 0 Å². The summed E-state index contributed by atoms with van der Waals surface area (Å²) in [5, 5.41) is 0. The van der Waals surface area contributed by atoms with Crippen LogP contribution < -0.4 is 0 Å². The monoisotopic (exact) mass is 193 g/mol. The standard InChI is InChI=1S/C15H13/c1-3-10-14-12(6-1)8-5-9-13-7-2-4-11-15(13)14/h1-4,6,10-11H,5,8-9H2. The van der Waals surface area contributed by atoms with Crippen LogP contribution in [0.3, 0.4) is 0 Å². The van der Waals surface area contributed by atoms with Gasteiger partial charge in [0.15, 0.2) is 0 Å². The fourth-order valence-electron chi connectivity index (χ4n) is 2.39. The van der Waals surface area contributed by atoms with E-state index in [1.807, 2.05) is 6.07 Å². The van der Waals surface area contributed by atoms with Crippen molar-refractivity contribution in [2.45, 2.75) is 19.3 Å². The van der Waals surface area contributed by atoms with Gasteiger partial charge in [0.2, 0.25) is 0 Å². The molecule has 1 aliphatic carbocycles. The first kappa shape index (κ1) is 8.72. The molecule has 0 unspecified atom stereocenters. The van der Waals surface area contributed by atoms with Crippen molar-refractivity contribution in [3.63, 3.8) is 0 Å². The normalized spacial score (nSPS) is 13.9. The van der Waals surface area contributed by atoms with Crippen LogP contribution in [-0.2, 0) is 12.8 Å². The molecule has 0 aromatic heterocycles. The van der Waals surface area contributed by atoms with Crippen molar-refractivity contribution in [3.05, 3.63) is 59.7 Å². The summed E-state index contributed by atoms with van der Waals surface area (Å²) < 4.78 is 0. The summed E-state index contributed by atoms with van der Waals surface area (Å²) >= 11 is 0. The average molecular weight is 193 g/mol. The highest BCUT2D eigenvalue weighted by atomic mass is 14.2. The molecule has 2 aromatic carbocycles. The zero-order valence-corrected chi connectivity index (χ0v) is 8.66. The topological polar surface area (TPSA) is 0 Å². The molecule has 1 aliphatic rings. The van der Waals surface area contributed by atoms with Gasteiger partial charge >= 0.3 is 0 Å². The Labute approximate surface area is 90.6 Å². The third-order valence-corrected chi connectivity index (χ3v) is 3.12. The Kier molecular flexibility index (Phi) is 2.06. The van der Waals surface area contributed by atoms with Gasteiger partial charge in [0, 0.05) is 0 Å². The van der Waals surface area contributed by atoms with E-state index < -0.39 is 0 Å². The minimum Gasteiger partial charge on any atom is -0.0620 e. The van der Waals surface area contributed by atoms with Gasteiger partial charge in [-0.3, -0.25) is 0 Å². The van der Waals surface area contributed by atoms with Crippen LogP contribution >= 0.6 is 0 Å². The van der Waals surface area contributed by atoms with Crippen molar-refractivity contribution in [2.75, 3.05) is 0 Å². The van der Waals surface area contributed by atoms with Crippen LogP contribution in [0.5, 0.6) is 0 Å². The smallest absolute Gasteiger partial charge is 0.0143 e. The van der Waals surface area contributed by atoms with E-state index in [4.69, 9.17) is 0 Å². The Balaban J connectivity index is 2.27. The van der Waals surface area contributed by atoms with Crippen LogP contribution in [0.4, 0.5) is 0 Å². The van der Waals surface area contributed by atoms with E-state index in [9.17, 15) is 0 Å². The van der Waals surface area contributed by atoms with E-state index in [0.717, 1.165) is 6.42 Å². The minimum absolute atomic E-state index is 1.16. The summed E-state index contributed by atoms with van der Waals surface area (Å²) in [6, 6.07) is 18.4. The summed E-state index contributed by atoms with van der Waals surface area (Å²) in [7, 11) is 0. The van der Waals surface area contributed by atoms with Crippen molar-refractivity contribution in [3.8, 4) is 11.1 Å². The maximum atomic E-state index is 3.37. The molecule has 0 bridgehead atoms. The molecule has 0 saturated heterocycles. The number of hydrogen-bond acceptors (Lipinski definition) is 0. The lowest BCUT2D eigenvalue weighted by atomic mass is 9.97. The Morgan fingerprint density at radius 2 is 1.73 bits per heavy atom. The van der Waals surface area contributed by atoms with Crippen molar-refractivity contribution in [2.24, 2.45) is 0 Å². The molecular formula is C15H13. The lowest BCUT2D eigenvalue weighted by Crippen LogP contribution is -1.86. The van der Waals surface area contributed by atoms with Gasteiger partial charge < -0.3 is 0 Å². The molecule has 0 nitrogen and oxygen atoms in total. The van der Waals surface area contributed by atoms with Crippen LogP contribution in [0, 0.1) is 6.07 Å². The molecule has 0 saturated carbocycles. The number of benzene rings is 2. The van der Waals surface area contributed by atoms with E-state index in [0.29, 0.717) is 0 Å². The van der Waals surface area contributed by atoms with Crippen molar-refractivity contribution in [1.82, 2.24) is 0 Å². The maximum absolute atomic E-state index is 3.37. The zero-order chi connectivity index (χ0) is 10.1. The summed E-state index contributed by atoms with van der Waals surface area (Å²) in [6.07, 6.45) is 3.59. The molecule has 0 N–H and O–H groups in total. The molecule has 0 fully saturated rings. The molecule has 3 rings (SSSR count). The molecule has 0 atom stereocenters. The number of hydrogen-bond donors (Lipinski definition) is 0. The summed E-state index contributed by atoms with van der Waals surface area (Å²) in [4.78, 5) is 0. The maximum Gasteiger partial charge on any atom is -0.0143 e. The third-order valence-electron chi connectivity index (χ3n) is 3.12. The van der Waals surface area contributed by atoms with Crippen molar-refractivity contribution >= 4 is 0 Å². The number of fused-ring (bicyclic) bond motifs is 3. The van der Waals surface area contributed by atoms with Crippen LogP contribution in [0.25, 0.3) is 11.1 Å². The predicted molar refractivity (Wildman–Crippen MR) is 62.7 cm³/mol. The first-order valence-electron chi connectivity index (χ1n) is 5.53. The molecule has 0 heterocycles. The first-order valence-corrected chi connectivity index (χ1v) is 5.53. The van der Waals surface area contributed by atoms with Gasteiger partial charge in [0.25, 0.3) is 0 Å². The van der Waals surface area contributed by atoms with E-state index in [-0.39, 0.29) is 0 Å². The van der Waals surface area contributed by atoms with Gasteiger partial charge in [-0.15, -0.1) is 0 Å². The second-order valence-corrected chi connectivity index (χ2v) is 4.07. The summed E-state index contributed by atoms with van der Waals surface area (Å²) in [5.74, 6) is 0. The highest BCUT2D eigenvalue weighted by Crippen LogP contribution is 2.31. The number of rotatable bonds is 0. The lowest BCUT2D eigenvalue weighted by Gasteiger charge is -2.07. The van der Waals surface area contributed by atoms with E-state index in [1.54, 1.807) is 0 Å². The summed E-state index contributed by atoms with van der Waals surface area (Å²) in [5.41, 5.74) is 5.64. The molecule has 0 spiro atoms. The Bertz CT molecular complexity index is 437. The quantitative estimate of drug-likeness (QED) is 0.599. The van der Waals surface area contributed by atoms with E-state index >= 15 is 0 Å². The van der Waals surface area contributed by atoms with Crippen molar-refractivity contribution in [1.29, 1.82) is 0 Å². The Morgan fingerprint density at radius 3 is 2.73 bits per heavy atom. The van der Waals surface area contributed by atoms with Gasteiger partial charge in [-0.2, -0.15) is 0 Å². The van der Waals surface area contributed by atoms with Crippen molar-refractivity contribution < 1.29 is 0 Å². The molecule has 0 aliphatic heterocycles.